The topological polar surface area (TPSA) is 35.2 Å². The number of benzene rings is 1. The molecule has 1 aromatic carbocycles. The third-order valence-electron chi connectivity index (χ3n) is 2.87. The second kappa shape index (κ2) is 4.23. The van der Waals surface area contributed by atoms with Crippen LogP contribution in [0.25, 0.3) is 0 Å². The van der Waals surface area contributed by atoms with Gasteiger partial charge >= 0.3 is 0 Å². The van der Waals surface area contributed by atoms with Gasteiger partial charge in [0.2, 0.25) is 0 Å². The molecule has 0 amide bonds. The van der Waals surface area contributed by atoms with E-state index in [1.165, 1.54) is 24.0 Å². The Hall–Kier alpha value is -1.02. The van der Waals surface area contributed by atoms with Gasteiger partial charge in [-0.3, -0.25) is 0 Å². The second-order valence-corrected chi connectivity index (χ2v) is 4.64. The first-order chi connectivity index (χ1) is 7.15. The highest BCUT2D eigenvalue weighted by molar-refractivity contribution is 5.33. The lowest BCUT2D eigenvalue weighted by atomic mass is 10.1. The number of ether oxygens (including phenoxy) is 1. The van der Waals surface area contributed by atoms with Gasteiger partial charge in [-0.2, -0.15) is 0 Å². The van der Waals surface area contributed by atoms with Crippen LogP contribution in [0.5, 0.6) is 5.75 Å². The molecule has 2 heteroatoms. The number of aryl methyl sites for hydroxylation is 2. The molecule has 2 N–H and O–H groups in total. The average Bonchev–Trinajstić information content (AvgIpc) is 2.95. The molecule has 0 radical (unpaired) electrons. The maximum absolute atomic E-state index is 5.98. The van der Waals surface area contributed by atoms with E-state index in [-0.39, 0.29) is 6.04 Å². The van der Waals surface area contributed by atoms with Gasteiger partial charge in [-0.15, -0.1) is 0 Å². The van der Waals surface area contributed by atoms with Crippen molar-refractivity contribution in [1.29, 1.82) is 0 Å². The summed E-state index contributed by atoms with van der Waals surface area (Å²) in [7, 11) is 0. The molecule has 15 heavy (non-hydrogen) atoms. The fraction of sp³-hybridized carbons (Fsp3) is 0.538. The van der Waals surface area contributed by atoms with E-state index in [9.17, 15) is 0 Å². The van der Waals surface area contributed by atoms with Crippen LogP contribution in [0.1, 0.15) is 24.0 Å². The van der Waals surface area contributed by atoms with E-state index in [4.69, 9.17) is 10.5 Å². The van der Waals surface area contributed by atoms with Crippen molar-refractivity contribution in [2.24, 2.45) is 11.7 Å². The molecule has 1 atom stereocenters. The minimum atomic E-state index is 0.214. The molecule has 1 aliphatic carbocycles. The van der Waals surface area contributed by atoms with E-state index >= 15 is 0 Å². The molecular formula is C13H19NO. The van der Waals surface area contributed by atoms with E-state index in [2.05, 4.69) is 32.0 Å². The zero-order chi connectivity index (χ0) is 10.8. The van der Waals surface area contributed by atoms with E-state index in [0.29, 0.717) is 12.5 Å². The molecule has 0 aliphatic heterocycles. The molecule has 1 fully saturated rings. The Morgan fingerprint density at radius 1 is 1.27 bits per heavy atom. The Morgan fingerprint density at radius 2 is 1.87 bits per heavy atom. The summed E-state index contributed by atoms with van der Waals surface area (Å²) in [5.74, 6) is 1.65. The lowest BCUT2D eigenvalue weighted by Gasteiger charge is -2.13. The number of hydrogen-bond acceptors (Lipinski definition) is 2. The fourth-order valence-electron chi connectivity index (χ4n) is 1.87. The van der Waals surface area contributed by atoms with Gasteiger partial charge in [0.25, 0.3) is 0 Å². The highest BCUT2D eigenvalue weighted by Crippen LogP contribution is 2.31. The number of hydrogen-bond donors (Lipinski definition) is 1. The Labute approximate surface area is 91.4 Å². The van der Waals surface area contributed by atoms with Crippen LogP contribution >= 0.6 is 0 Å². The zero-order valence-corrected chi connectivity index (χ0v) is 9.49. The van der Waals surface area contributed by atoms with Crippen LogP contribution in [0.3, 0.4) is 0 Å². The van der Waals surface area contributed by atoms with Crippen LogP contribution in [-0.2, 0) is 0 Å². The maximum Gasteiger partial charge on any atom is 0.119 e. The van der Waals surface area contributed by atoms with Crippen molar-refractivity contribution in [2.45, 2.75) is 32.7 Å². The van der Waals surface area contributed by atoms with Gasteiger partial charge in [0.1, 0.15) is 12.4 Å². The summed E-state index contributed by atoms with van der Waals surface area (Å²) in [5, 5.41) is 0. The van der Waals surface area contributed by atoms with E-state index < -0.39 is 0 Å². The minimum Gasteiger partial charge on any atom is -0.492 e. The van der Waals surface area contributed by atoms with E-state index in [1.54, 1.807) is 0 Å². The molecule has 0 saturated heterocycles. The molecule has 0 aromatic heterocycles. The quantitative estimate of drug-likeness (QED) is 0.819. The normalized spacial score (nSPS) is 17.5. The minimum absolute atomic E-state index is 0.214. The predicted octanol–water partition coefficient (Wildman–Crippen LogP) is 2.42. The van der Waals surface area contributed by atoms with Crippen molar-refractivity contribution in [2.75, 3.05) is 6.61 Å². The smallest absolute Gasteiger partial charge is 0.119 e. The van der Waals surface area contributed by atoms with Crippen LogP contribution in [-0.4, -0.2) is 12.6 Å². The second-order valence-electron chi connectivity index (χ2n) is 4.64. The number of rotatable bonds is 4. The molecule has 1 saturated carbocycles. The van der Waals surface area contributed by atoms with Gasteiger partial charge in [-0.25, -0.2) is 0 Å². The van der Waals surface area contributed by atoms with Crippen molar-refractivity contribution in [3.8, 4) is 5.75 Å². The van der Waals surface area contributed by atoms with Gasteiger partial charge in [0, 0.05) is 6.04 Å². The standard InChI is InChI=1S/C13H19NO/c1-9-5-10(2)7-12(6-9)15-8-13(14)11-3-4-11/h5-7,11,13H,3-4,8,14H2,1-2H3. The summed E-state index contributed by atoms with van der Waals surface area (Å²) in [4.78, 5) is 0. The van der Waals surface area contributed by atoms with Crippen LogP contribution < -0.4 is 10.5 Å². The summed E-state index contributed by atoms with van der Waals surface area (Å²) in [6.45, 7) is 4.81. The first-order valence-corrected chi connectivity index (χ1v) is 5.62. The molecule has 2 rings (SSSR count). The summed E-state index contributed by atoms with van der Waals surface area (Å²) in [6.07, 6.45) is 2.55. The molecule has 0 bridgehead atoms. The lowest BCUT2D eigenvalue weighted by molar-refractivity contribution is 0.276. The molecule has 2 nitrogen and oxygen atoms in total. The molecule has 1 unspecified atom stereocenters. The maximum atomic E-state index is 5.98. The Bertz CT molecular complexity index is 324. The highest BCUT2D eigenvalue weighted by atomic mass is 16.5. The summed E-state index contributed by atoms with van der Waals surface area (Å²) < 4.78 is 5.71. The monoisotopic (exact) mass is 205 g/mol. The van der Waals surface area contributed by atoms with Crippen LogP contribution in [0.15, 0.2) is 18.2 Å². The first-order valence-electron chi connectivity index (χ1n) is 5.62. The molecule has 0 heterocycles. The van der Waals surface area contributed by atoms with E-state index in [1.807, 2.05) is 0 Å². The lowest BCUT2D eigenvalue weighted by Crippen LogP contribution is -2.29. The van der Waals surface area contributed by atoms with Crippen molar-refractivity contribution in [3.63, 3.8) is 0 Å². The van der Waals surface area contributed by atoms with Gasteiger partial charge in [-0.05, 0) is 55.9 Å². The van der Waals surface area contributed by atoms with Crippen molar-refractivity contribution in [1.82, 2.24) is 0 Å². The van der Waals surface area contributed by atoms with Crippen LogP contribution in [0.2, 0.25) is 0 Å². The molecule has 1 aliphatic rings. The molecule has 82 valence electrons. The molecular weight excluding hydrogens is 186 g/mol. The Morgan fingerprint density at radius 3 is 2.40 bits per heavy atom. The van der Waals surface area contributed by atoms with Gasteiger partial charge in [0.15, 0.2) is 0 Å². The SMILES string of the molecule is Cc1cc(C)cc(OCC(N)C2CC2)c1. The zero-order valence-electron chi connectivity index (χ0n) is 9.49. The number of nitrogens with two attached hydrogens (primary N) is 1. The van der Waals surface area contributed by atoms with Gasteiger partial charge in [0.05, 0.1) is 0 Å². The van der Waals surface area contributed by atoms with Crippen LogP contribution in [0.4, 0.5) is 0 Å². The predicted molar refractivity (Wildman–Crippen MR) is 62.1 cm³/mol. The summed E-state index contributed by atoms with van der Waals surface area (Å²) in [6, 6.07) is 6.48. The fourth-order valence-corrected chi connectivity index (χ4v) is 1.87. The van der Waals surface area contributed by atoms with Gasteiger partial charge in [-0.1, -0.05) is 6.07 Å². The first kappa shape index (κ1) is 10.5. The summed E-state index contributed by atoms with van der Waals surface area (Å²) in [5.41, 5.74) is 8.46. The van der Waals surface area contributed by atoms with Gasteiger partial charge < -0.3 is 10.5 Å². The molecule has 0 spiro atoms. The van der Waals surface area contributed by atoms with E-state index in [0.717, 1.165) is 5.75 Å². The van der Waals surface area contributed by atoms with Crippen molar-refractivity contribution < 1.29 is 4.74 Å². The van der Waals surface area contributed by atoms with Crippen molar-refractivity contribution >= 4 is 0 Å². The largest absolute Gasteiger partial charge is 0.492 e. The van der Waals surface area contributed by atoms with Crippen LogP contribution in [0, 0.1) is 19.8 Å². The third kappa shape index (κ3) is 2.96. The molecule has 1 aromatic rings. The Balaban J connectivity index is 1.91. The average molecular weight is 205 g/mol. The third-order valence-corrected chi connectivity index (χ3v) is 2.87. The van der Waals surface area contributed by atoms with Crippen molar-refractivity contribution in [3.05, 3.63) is 29.3 Å². The summed E-state index contributed by atoms with van der Waals surface area (Å²) >= 11 is 0. The Kier molecular flexibility index (Phi) is 2.96. The highest BCUT2D eigenvalue weighted by Gasteiger charge is 2.28.